The first-order valence-electron chi connectivity index (χ1n) is 7.09. The molecule has 0 radical (unpaired) electrons. The number of hydrogen-bond donors (Lipinski definition) is 3. The van der Waals surface area contributed by atoms with Gasteiger partial charge in [0.2, 0.25) is 0 Å². The lowest BCUT2D eigenvalue weighted by Crippen LogP contribution is -2.45. The summed E-state index contributed by atoms with van der Waals surface area (Å²) in [5.41, 5.74) is 2.96. The summed E-state index contributed by atoms with van der Waals surface area (Å²) in [5, 5.41) is 12.9. The molecule has 5 heteroatoms. The van der Waals surface area contributed by atoms with Crippen molar-refractivity contribution in [3.8, 4) is 0 Å². The molecule has 0 aromatic carbocycles. The van der Waals surface area contributed by atoms with Gasteiger partial charge in [-0.05, 0) is 31.9 Å². The average Bonchev–Trinajstić information content (AvgIpc) is 2.84. The molecule has 1 aliphatic rings. The van der Waals surface area contributed by atoms with Crippen LogP contribution in [0.3, 0.4) is 0 Å². The maximum absolute atomic E-state index is 12.4. The van der Waals surface area contributed by atoms with Crippen molar-refractivity contribution in [1.29, 1.82) is 0 Å². The Kier molecular flexibility index (Phi) is 3.44. The molecule has 2 atom stereocenters. The van der Waals surface area contributed by atoms with Crippen LogP contribution in [0, 0.1) is 6.92 Å². The first-order chi connectivity index (χ1) is 9.65. The van der Waals surface area contributed by atoms with Gasteiger partial charge in [-0.15, -0.1) is 0 Å². The SMILES string of the molecule is Cc1ccc2[nH]cc(C(=O)N[C@H]3CCCC[C@@H]3O)c2n1. The van der Waals surface area contributed by atoms with Crippen LogP contribution in [-0.4, -0.2) is 33.1 Å². The van der Waals surface area contributed by atoms with Crippen molar-refractivity contribution in [3.63, 3.8) is 0 Å². The summed E-state index contributed by atoms with van der Waals surface area (Å²) in [7, 11) is 0. The van der Waals surface area contributed by atoms with Gasteiger partial charge in [0.25, 0.3) is 5.91 Å². The third kappa shape index (κ3) is 2.41. The number of hydrogen-bond acceptors (Lipinski definition) is 3. The van der Waals surface area contributed by atoms with E-state index in [0.717, 1.165) is 36.9 Å². The molecule has 2 aromatic heterocycles. The van der Waals surface area contributed by atoms with Crippen LogP contribution in [0.1, 0.15) is 41.7 Å². The van der Waals surface area contributed by atoms with Gasteiger partial charge in [-0.3, -0.25) is 9.78 Å². The lowest BCUT2D eigenvalue weighted by molar-refractivity contribution is 0.0718. The number of aliphatic hydroxyl groups is 1. The monoisotopic (exact) mass is 273 g/mol. The molecule has 20 heavy (non-hydrogen) atoms. The maximum Gasteiger partial charge on any atom is 0.255 e. The molecule has 2 aromatic rings. The number of carbonyl (C=O) groups excluding carboxylic acids is 1. The largest absolute Gasteiger partial charge is 0.391 e. The highest BCUT2D eigenvalue weighted by atomic mass is 16.3. The fourth-order valence-corrected chi connectivity index (χ4v) is 2.80. The number of amides is 1. The van der Waals surface area contributed by atoms with E-state index in [1.165, 1.54) is 0 Å². The number of rotatable bonds is 2. The summed E-state index contributed by atoms with van der Waals surface area (Å²) in [4.78, 5) is 19.8. The first-order valence-corrected chi connectivity index (χ1v) is 7.09. The number of aliphatic hydroxyl groups excluding tert-OH is 1. The second-order valence-electron chi connectivity index (χ2n) is 5.48. The van der Waals surface area contributed by atoms with Crippen LogP contribution in [0.2, 0.25) is 0 Å². The van der Waals surface area contributed by atoms with Gasteiger partial charge in [0, 0.05) is 11.9 Å². The Bertz CT molecular complexity index is 635. The van der Waals surface area contributed by atoms with Crippen LogP contribution in [0.15, 0.2) is 18.3 Å². The molecule has 0 aliphatic heterocycles. The summed E-state index contributed by atoms with van der Waals surface area (Å²) in [6, 6.07) is 3.68. The molecular weight excluding hydrogens is 254 g/mol. The number of H-pyrrole nitrogens is 1. The fraction of sp³-hybridized carbons (Fsp3) is 0.467. The van der Waals surface area contributed by atoms with Gasteiger partial charge >= 0.3 is 0 Å². The molecule has 0 bridgehead atoms. The molecule has 1 saturated carbocycles. The highest BCUT2D eigenvalue weighted by molar-refractivity contribution is 6.05. The number of nitrogens with zero attached hydrogens (tertiary/aromatic N) is 1. The molecule has 3 rings (SSSR count). The molecule has 106 valence electrons. The van der Waals surface area contributed by atoms with E-state index in [1.807, 2.05) is 19.1 Å². The van der Waals surface area contributed by atoms with Crippen LogP contribution in [0.25, 0.3) is 11.0 Å². The van der Waals surface area contributed by atoms with E-state index in [2.05, 4.69) is 15.3 Å². The van der Waals surface area contributed by atoms with Crippen LogP contribution < -0.4 is 5.32 Å². The average molecular weight is 273 g/mol. The predicted octanol–water partition coefficient (Wildman–Crippen LogP) is 1.90. The zero-order valence-corrected chi connectivity index (χ0v) is 11.5. The summed E-state index contributed by atoms with van der Waals surface area (Å²) >= 11 is 0. The van der Waals surface area contributed by atoms with E-state index in [0.29, 0.717) is 11.1 Å². The van der Waals surface area contributed by atoms with Gasteiger partial charge in [-0.25, -0.2) is 0 Å². The first kappa shape index (κ1) is 13.1. The lowest BCUT2D eigenvalue weighted by atomic mass is 9.92. The van der Waals surface area contributed by atoms with Crippen LogP contribution in [0.5, 0.6) is 0 Å². The van der Waals surface area contributed by atoms with Gasteiger partial charge in [0.05, 0.1) is 23.2 Å². The third-order valence-corrected chi connectivity index (χ3v) is 3.95. The summed E-state index contributed by atoms with van der Waals surface area (Å²) in [6.45, 7) is 1.90. The predicted molar refractivity (Wildman–Crippen MR) is 76.6 cm³/mol. The Morgan fingerprint density at radius 3 is 3.00 bits per heavy atom. The fourth-order valence-electron chi connectivity index (χ4n) is 2.80. The maximum atomic E-state index is 12.4. The van der Waals surface area contributed by atoms with Gasteiger partial charge < -0.3 is 15.4 Å². The number of pyridine rings is 1. The minimum Gasteiger partial charge on any atom is -0.391 e. The standard InChI is InChI=1S/C15H19N3O2/c1-9-6-7-12-14(17-9)10(8-16-12)15(20)18-11-4-2-3-5-13(11)19/h6-8,11,13,16,19H,2-5H2,1H3,(H,18,20)/t11-,13-/m0/s1. The Hall–Kier alpha value is -1.88. The molecule has 3 N–H and O–H groups in total. The lowest BCUT2D eigenvalue weighted by Gasteiger charge is -2.28. The second-order valence-corrected chi connectivity index (χ2v) is 5.48. The number of aryl methyl sites for hydroxylation is 1. The zero-order valence-electron chi connectivity index (χ0n) is 11.5. The van der Waals surface area contributed by atoms with Crippen LogP contribution in [0.4, 0.5) is 0 Å². The van der Waals surface area contributed by atoms with Crippen molar-refractivity contribution in [2.75, 3.05) is 0 Å². The van der Waals surface area contributed by atoms with Crippen molar-refractivity contribution in [2.45, 2.75) is 44.8 Å². The molecule has 1 amide bonds. The quantitative estimate of drug-likeness (QED) is 0.782. The zero-order chi connectivity index (χ0) is 14.1. The van der Waals surface area contributed by atoms with Crippen molar-refractivity contribution in [1.82, 2.24) is 15.3 Å². The van der Waals surface area contributed by atoms with E-state index in [1.54, 1.807) is 6.20 Å². The highest BCUT2D eigenvalue weighted by Gasteiger charge is 2.25. The van der Waals surface area contributed by atoms with Gasteiger partial charge in [0.15, 0.2) is 0 Å². The van der Waals surface area contributed by atoms with E-state index in [-0.39, 0.29) is 11.9 Å². The smallest absolute Gasteiger partial charge is 0.255 e. The molecular formula is C15H19N3O2. The van der Waals surface area contributed by atoms with Gasteiger partial charge in [-0.2, -0.15) is 0 Å². The number of fused-ring (bicyclic) bond motifs is 1. The topological polar surface area (TPSA) is 78.0 Å². The summed E-state index contributed by atoms with van der Waals surface area (Å²) in [5.74, 6) is -0.166. The Morgan fingerprint density at radius 2 is 2.20 bits per heavy atom. The molecule has 2 heterocycles. The van der Waals surface area contributed by atoms with Crippen LogP contribution in [-0.2, 0) is 0 Å². The Balaban J connectivity index is 1.83. The minimum absolute atomic E-state index is 0.147. The van der Waals surface area contributed by atoms with Gasteiger partial charge in [-0.1, -0.05) is 12.8 Å². The number of aromatic nitrogens is 2. The van der Waals surface area contributed by atoms with E-state index in [9.17, 15) is 9.90 Å². The third-order valence-electron chi connectivity index (χ3n) is 3.95. The Labute approximate surface area is 117 Å². The molecule has 0 saturated heterocycles. The van der Waals surface area contributed by atoms with Crippen molar-refractivity contribution in [3.05, 3.63) is 29.6 Å². The van der Waals surface area contributed by atoms with E-state index < -0.39 is 6.10 Å². The van der Waals surface area contributed by atoms with Gasteiger partial charge in [0.1, 0.15) is 5.52 Å². The highest BCUT2D eigenvalue weighted by Crippen LogP contribution is 2.20. The van der Waals surface area contributed by atoms with Crippen molar-refractivity contribution >= 4 is 16.9 Å². The normalized spacial score (nSPS) is 22.9. The van der Waals surface area contributed by atoms with Crippen molar-refractivity contribution in [2.24, 2.45) is 0 Å². The molecule has 1 fully saturated rings. The molecule has 5 nitrogen and oxygen atoms in total. The number of carbonyl (C=O) groups is 1. The Morgan fingerprint density at radius 1 is 1.40 bits per heavy atom. The minimum atomic E-state index is -0.437. The summed E-state index contributed by atoms with van der Waals surface area (Å²) in [6.07, 6.45) is 4.92. The summed E-state index contributed by atoms with van der Waals surface area (Å²) < 4.78 is 0. The number of aromatic amines is 1. The number of nitrogens with one attached hydrogen (secondary N) is 2. The van der Waals surface area contributed by atoms with E-state index >= 15 is 0 Å². The molecule has 0 spiro atoms. The molecule has 0 unspecified atom stereocenters. The van der Waals surface area contributed by atoms with E-state index in [4.69, 9.17) is 0 Å². The molecule has 1 aliphatic carbocycles. The second kappa shape index (κ2) is 5.25. The van der Waals surface area contributed by atoms with Crippen molar-refractivity contribution < 1.29 is 9.90 Å². The van der Waals surface area contributed by atoms with Crippen LogP contribution >= 0.6 is 0 Å².